The molecule has 0 saturated heterocycles. The Balaban J connectivity index is 2.20. The molecule has 6 heteroatoms. The monoisotopic (exact) mass is 409 g/mol. The van der Waals surface area contributed by atoms with Gasteiger partial charge >= 0.3 is 0 Å². The van der Waals surface area contributed by atoms with E-state index in [-0.39, 0.29) is 5.91 Å². The zero-order valence-electron chi connectivity index (χ0n) is 18.0. The minimum atomic E-state index is -0.139. The highest BCUT2D eigenvalue weighted by Crippen LogP contribution is 2.41. The lowest BCUT2D eigenvalue weighted by molar-refractivity contribution is -0.116. The number of carbonyl (C=O) groups excluding carboxylic acids is 1. The number of fused-ring (bicyclic) bond motifs is 1. The lowest BCUT2D eigenvalue weighted by Gasteiger charge is -2.13. The fraction of sp³-hybridized carbons (Fsp3) is 0.292. The molecule has 0 unspecified atom stereocenters. The number of hydrogen-bond acceptors (Lipinski definition) is 5. The largest absolute Gasteiger partial charge is 0.497 e. The van der Waals surface area contributed by atoms with Crippen LogP contribution in [0.4, 0.5) is 0 Å². The Morgan fingerprint density at radius 3 is 2.53 bits per heavy atom. The number of nitrogens with one attached hydrogen (secondary N) is 1. The first-order valence-electron chi connectivity index (χ1n) is 9.89. The number of rotatable bonds is 8. The molecule has 30 heavy (non-hydrogen) atoms. The van der Waals surface area contributed by atoms with Gasteiger partial charge in [-0.2, -0.15) is 0 Å². The van der Waals surface area contributed by atoms with Gasteiger partial charge in [-0.3, -0.25) is 4.79 Å². The molecule has 0 saturated carbocycles. The molecule has 3 rings (SSSR count). The van der Waals surface area contributed by atoms with Crippen molar-refractivity contribution in [1.29, 1.82) is 0 Å². The van der Waals surface area contributed by atoms with Crippen molar-refractivity contribution in [2.24, 2.45) is 0 Å². The van der Waals surface area contributed by atoms with Gasteiger partial charge in [0.2, 0.25) is 5.91 Å². The molecule has 0 fully saturated rings. The SMILES string of the molecule is CCNC(=O)/C=C(\C)c1cc2c(-c3cc(OC)ccc3OC)coc2cc1OCC. The van der Waals surface area contributed by atoms with Crippen LogP contribution in [0.15, 0.2) is 47.1 Å². The van der Waals surface area contributed by atoms with Crippen molar-refractivity contribution in [3.05, 3.63) is 48.2 Å². The van der Waals surface area contributed by atoms with Crippen molar-refractivity contribution in [2.75, 3.05) is 27.4 Å². The number of ether oxygens (including phenoxy) is 3. The second-order valence-corrected chi connectivity index (χ2v) is 6.72. The fourth-order valence-corrected chi connectivity index (χ4v) is 3.37. The van der Waals surface area contributed by atoms with Gasteiger partial charge in [-0.25, -0.2) is 0 Å². The Morgan fingerprint density at radius 1 is 1.07 bits per heavy atom. The maximum Gasteiger partial charge on any atom is 0.244 e. The number of carbonyl (C=O) groups is 1. The van der Waals surface area contributed by atoms with E-state index in [0.29, 0.717) is 30.2 Å². The summed E-state index contributed by atoms with van der Waals surface area (Å²) in [5.41, 5.74) is 4.05. The van der Waals surface area contributed by atoms with Gasteiger partial charge < -0.3 is 23.9 Å². The Morgan fingerprint density at radius 2 is 1.87 bits per heavy atom. The van der Waals surface area contributed by atoms with Gasteiger partial charge in [-0.1, -0.05) is 0 Å². The number of benzene rings is 2. The van der Waals surface area contributed by atoms with Gasteiger partial charge in [0, 0.05) is 40.8 Å². The molecule has 1 N–H and O–H groups in total. The average molecular weight is 409 g/mol. The molecule has 0 atom stereocenters. The van der Waals surface area contributed by atoms with Crippen molar-refractivity contribution in [3.63, 3.8) is 0 Å². The summed E-state index contributed by atoms with van der Waals surface area (Å²) in [6.07, 6.45) is 3.28. The summed E-state index contributed by atoms with van der Waals surface area (Å²) < 4.78 is 22.6. The predicted octanol–water partition coefficient (Wildman–Crippen LogP) is 5.06. The smallest absolute Gasteiger partial charge is 0.244 e. The number of allylic oxidation sites excluding steroid dienone is 1. The van der Waals surface area contributed by atoms with E-state index in [2.05, 4.69) is 5.32 Å². The topological polar surface area (TPSA) is 69.9 Å². The van der Waals surface area contributed by atoms with E-state index < -0.39 is 0 Å². The Labute approximate surface area is 176 Å². The quantitative estimate of drug-likeness (QED) is 0.527. The van der Waals surface area contributed by atoms with Crippen LogP contribution < -0.4 is 19.5 Å². The lowest BCUT2D eigenvalue weighted by atomic mass is 9.98. The van der Waals surface area contributed by atoms with E-state index in [9.17, 15) is 4.79 Å². The van der Waals surface area contributed by atoms with E-state index in [0.717, 1.165) is 33.4 Å². The zero-order chi connectivity index (χ0) is 21.7. The van der Waals surface area contributed by atoms with E-state index in [1.165, 1.54) is 0 Å². The first kappa shape index (κ1) is 21.3. The second kappa shape index (κ2) is 9.39. The van der Waals surface area contributed by atoms with Crippen LogP contribution in [-0.2, 0) is 4.79 Å². The first-order valence-corrected chi connectivity index (χ1v) is 9.89. The summed E-state index contributed by atoms with van der Waals surface area (Å²) in [5.74, 6) is 1.96. The third-order valence-corrected chi connectivity index (χ3v) is 4.80. The minimum absolute atomic E-state index is 0.139. The normalized spacial score (nSPS) is 11.4. The van der Waals surface area contributed by atoms with E-state index in [4.69, 9.17) is 18.6 Å². The lowest BCUT2D eigenvalue weighted by Crippen LogP contribution is -2.20. The molecule has 158 valence electrons. The van der Waals surface area contributed by atoms with Crippen LogP contribution in [-0.4, -0.2) is 33.3 Å². The van der Waals surface area contributed by atoms with Crippen molar-refractivity contribution in [1.82, 2.24) is 5.32 Å². The highest BCUT2D eigenvalue weighted by Gasteiger charge is 2.18. The Kier molecular flexibility index (Phi) is 6.67. The van der Waals surface area contributed by atoms with Gasteiger partial charge in [0.15, 0.2) is 0 Å². The van der Waals surface area contributed by atoms with E-state index in [1.54, 1.807) is 26.6 Å². The molecule has 0 bridgehead atoms. The highest BCUT2D eigenvalue weighted by atomic mass is 16.5. The van der Waals surface area contributed by atoms with E-state index >= 15 is 0 Å². The van der Waals surface area contributed by atoms with Crippen molar-refractivity contribution < 1.29 is 23.4 Å². The predicted molar refractivity (Wildman–Crippen MR) is 118 cm³/mol. The molecule has 2 aromatic carbocycles. The zero-order valence-corrected chi connectivity index (χ0v) is 18.0. The molecule has 3 aromatic rings. The molecule has 1 amide bonds. The molecule has 0 aliphatic carbocycles. The minimum Gasteiger partial charge on any atom is -0.497 e. The molecular formula is C24H27NO5. The Hall–Kier alpha value is -3.41. The molecule has 0 radical (unpaired) electrons. The molecular weight excluding hydrogens is 382 g/mol. The number of furan rings is 1. The maximum absolute atomic E-state index is 12.1. The van der Waals surface area contributed by atoms with Crippen molar-refractivity contribution in [2.45, 2.75) is 20.8 Å². The standard InChI is InChI=1S/C24H27NO5/c1-6-25-24(26)10-15(3)17-12-19-20(14-30-23(19)13-22(17)29-7-2)18-11-16(27-4)8-9-21(18)28-5/h8-14H,6-7H2,1-5H3,(H,25,26)/b15-10+. The van der Waals surface area contributed by atoms with Gasteiger partial charge in [0.25, 0.3) is 0 Å². The molecule has 6 nitrogen and oxygen atoms in total. The number of likely N-dealkylation sites (N-methyl/N-ethyl adjacent to an activating group) is 1. The molecule has 1 aromatic heterocycles. The summed E-state index contributed by atoms with van der Waals surface area (Å²) in [6.45, 7) is 6.78. The summed E-state index contributed by atoms with van der Waals surface area (Å²) in [5, 5.41) is 3.68. The number of hydrogen-bond donors (Lipinski definition) is 1. The van der Waals surface area contributed by atoms with Crippen LogP contribution >= 0.6 is 0 Å². The van der Waals surface area contributed by atoms with Crippen LogP contribution in [0.1, 0.15) is 26.3 Å². The molecule has 1 heterocycles. The molecule has 0 aliphatic rings. The van der Waals surface area contributed by atoms with Gasteiger partial charge in [0.1, 0.15) is 22.8 Å². The number of methoxy groups -OCH3 is 2. The summed E-state index contributed by atoms with van der Waals surface area (Å²) in [7, 11) is 3.26. The van der Waals surface area contributed by atoms with Gasteiger partial charge in [0.05, 0.1) is 27.1 Å². The number of amides is 1. The van der Waals surface area contributed by atoms with Gasteiger partial charge in [-0.05, 0) is 50.6 Å². The molecule has 0 spiro atoms. The Bertz CT molecular complexity index is 1080. The van der Waals surface area contributed by atoms with Crippen LogP contribution in [0.25, 0.3) is 27.7 Å². The van der Waals surface area contributed by atoms with Gasteiger partial charge in [-0.15, -0.1) is 0 Å². The fourth-order valence-electron chi connectivity index (χ4n) is 3.37. The molecule has 0 aliphatic heterocycles. The summed E-state index contributed by atoms with van der Waals surface area (Å²) in [6, 6.07) is 9.48. The first-order chi connectivity index (χ1) is 14.5. The highest BCUT2D eigenvalue weighted by molar-refractivity contribution is 6.01. The van der Waals surface area contributed by atoms with E-state index in [1.807, 2.05) is 51.1 Å². The average Bonchev–Trinajstić information content (AvgIpc) is 3.15. The third kappa shape index (κ3) is 4.27. The summed E-state index contributed by atoms with van der Waals surface area (Å²) in [4.78, 5) is 12.1. The van der Waals surface area contributed by atoms with Crippen LogP contribution in [0.3, 0.4) is 0 Å². The van der Waals surface area contributed by atoms with Crippen molar-refractivity contribution >= 4 is 22.4 Å². The van der Waals surface area contributed by atoms with Crippen LogP contribution in [0.2, 0.25) is 0 Å². The second-order valence-electron chi connectivity index (χ2n) is 6.72. The summed E-state index contributed by atoms with van der Waals surface area (Å²) >= 11 is 0. The van der Waals surface area contributed by atoms with Crippen molar-refractivity contribution in [3.8, 4) is 28.4 Å². The van der Waals surface area contributed by atoms with Crippen LogP contribution in [0, 0.1) is 0 Å². The maximum atomic E-state index is 12.1. The third-order valence-electron chi connectivity index (χ3n) is 4.80. The van der Waals surface area contributed by atoms with Crippen LogP contribution in [0.5, 0.6) is 17.2 Å².